The Morgan fingerprint density at radius 1 is 1.17 bits per heavy atom. The summed E-state index contributed by atoms with van der Waals surface area (Å²) in [4.78, 5) is 8.87. The molecule has 0 aliphatic carbocycles. The Morgan fingerprint density at radius 2 is 1.97 bits per heavy atom. The van der Waals surface area contributed by atoms with Crippen LogP contribution in [0, 0.1) is 5.82 Å². The highest BCUT2D eigenvalue weighted by molar-refractivity contribution is 5.79. The zero-order valence-electron chi connectivity index (χ0n) is 17.2. The molecule has 0 aliphatic heterocycles. The van der Waals surface area contributed by atoms with Crippen molar-refractivity contribution in [2.24, 2.45) is 4.99 Å². The van der Waals surface area contributed by atoms with Gasteiger partial charge in [0.2, 0.25) is 5.88 Å². The van der Waals surface area contributed by atoms with Crippen molar-refractivity contribution in [3.63, 3.8) is 0 Å². The van der Waals surface area contributed by atoms with Gasteiger partial charge in [-0.25, -0.2) is 14.4 Å². The molecular weight excluding hydrogens is 375 g/mol. The fourth-order valence-electron chi connectivity index (χ4n) is 2.43. The minimum absolute atomic E-state index is 0.129. The minimum atomic E-state index is -0.286. The molecule has 0 saturated heterocycles. The van der Waals surface area contributed by atoms with E-state index in [9.17, 15) is 4.39 Å². The van der Waals surface area contributed by atoms with Crippen LogP contribution < -0.4 is 20.1 Å². The molecule has 1 heterocycles. The van der Waals surface area contributed by atoms with E-state index in [0.29, 0.717) is 43.9 Å². The Balaban J connectivity index is 1.91. The second-order valence-electron chi connectivity index (χ2n) is 6.27. The first kappa shape index (κ1) is 22.4. The van der Waals surface area contributed by atoms with Gasteiger partial charge in [-0.05, 0) is 44.2 Å². The van der Waals surface area contributed by atoms with E-state index in [4.69, 9.17) is 14.2 Å². The van der Waals surface area contributed by atoms with Gasteiger partial charge in [0.15, 0.2) is 5.96 Å². The number of nitrogens with one attached hydrogen (secondary N) is 2. The number of guanidine groups is 1. The first-order valence-corrected chi connectivity index (χ1v) is 9.62. The zero-order chi connectivity index (χ0) is 20.9. The van der Waals surface area contributed by atoms with E-state index in [-0.39, 0.29) is 11.9 Å². The lowest BCUT2D eigenvalue weighted by Crippen LogP contribution is -2.41. The van der Waals surface area contributed by atoms with Crippen LogP contribution in [0.2, 0.25) is 0 Å². The van der Waals surface area contributed by atoms with Crippen LogP contribution in [-0.4, -0.2) is 50.5 Å². The second kappa shape index (κ2) is 12.6. The summed E-state index contributed by atoms with van der Waals surface area (Å²) in [5.41, 5.74) is 0.886. The van der Waals surface area contributed by atoms with Crippen molar-refractivity contribution in [3.8, 4) is 11.6 Å². The summed E-state index contributed by atoms with van der Waals surface area (Å²) in [6, 6.07) is 9.76. The summed E-state index contributed by atoms with van der Waals surface area (Å²) in [6.07, 6.45) is 1.56. The number of aromatic nitrogens is 1. The maximum Gasteiger partial charge on any atom is 0.218 e. The number of hydrogen-bond donors (Lipinski definition) is 2. The number of pyridine rings is 1. The Bertz CT molecular complexity index is 756. The molecule has 8 heteroatoms. The predicted molar refractivity (Wildman–Crippen MR) is 111 cm³/mol. The van der Waals surface area contributed by atoms with Gasteiger partial charge in [-0.2, -0.15) is 0 Å². The van der Waals surface area contributed by atoms with E-state index in [1.165, 1.54) is 12.1 Å². The number of ether oxygens (including phenoxy) is 3. The van der Waals surface area contributed by atoms with Crippen molar-refractivity contribution in [1.82, 2.24) is 15.6 Å². The zero-order valence-corrected chi connectivity index (χ0v) is 17.2. The molecule has 7 nitrogen and oxygen atoms in total. The molecule has 1 unspecified atom stereocenters. The highest BCUT2D eigenvalue weighted by Gasteiger charge is 2.08. The Kier molecular flexibility index (Phi) is 9.71. The van der Waals surface area contributed by atoms with Crippen molar-refractivity contribution in [3.05, 3.63) is 54.0 Å². The molecule has 0 bridgehead atoms. The average molecular weight is 404 g/mol. The Hall–Kier alpha value is -2.87. The Labute approximate surface area is 171 Å². The third-order valence-electron chi connectivity index (χ3n) is 3.84. The summed E-state index contributed by atoms with van der Waals surface area (Å²) < 4.78 is 29.4. The summed E-state index contributed by atoms with van der Waals surface area (Å²) in [7, 11) is 1.63. The van der Waals surface area contributed by atoms with Crippen molar-refractivity contribution in [1.29, 1.82) is 0 Å². The van der Waals surface area contributed by atoms with Crippen LogP contribution in [0.15, 0.2) is 47.6 Å². The van der Waals surface area contributed by atoms with E-state index in [1.807, 2.05) is 26.0 Å². The van der Waals surface area contributed by atoms with E-state index < -0.39 is 0 Å². The standard InChI is InChI=1S/C21H29FN4O3/c1-4-23-21(25-14-16(2)29-19-9-7-18(22)8-10-19)26-15-17-6-5-11-24-20(17)28-13-12-27-3/h5-11,16H,4,12-15H2,1-3H3,(H2,23,25,26). The average Bonchev–Trinajstić information content (AvgIpc) is 2.73. The van der Waals surface area contributed by atoms with Gasteiger partial charge in [0.1, 0.15) is 24.3 Å². The molecule has 0 amide bonds. The van der Waals surface area contributed by atoms with Crippen molar-refractivity contribution in [2.75, 3.05) is 33.4 Å². The van der Waals surface area contributed by atoms with Gasteiger partial charge >= 0.3 is 0 Å². The smallest absolute Gasteiger partial charge is 0.218 e. The predicted octanol–water partition coefficient (Wildman–Crippen LogP) is 2.77. The van der Waals surface area contributed by atoms with E-state index in [1.54, 1.807) is 25.4 Å². The van der Waals surface area contributed by atoms with Gasteiger partial charge in [0.25, 0.3) is 0 Å². The number of halogens is 1. The molecule has 0 fully saturated rings. The first-order valence-electron chi connectivity index (χ1n) is 9.62. The summed E-state index contributed by atoms with van der Waals surface area (Å²) in [5, 5.41) is 6.46. The Morgan fingerprint density at radius 3 is 2.69 bits per heavy atom. The fourth-order valence-corrected chi connectivity index (χ4v) is 2.43. The highest BCUT2D eigenvalue weighted by Crippen LogP contribution is 2.15. The molecule has 1 aromatic carbocycles. The minimum Gasteiger partial charge on any atom is -0.489 e. The lowest BCUT2D eigenvalue weighted by Gasteiger charge is -2.18. The van der Waals surface area contributed by atoms with E-state index >= 15 is 0 Å². The SMILES string of the molecule is CCNC(=NCc1cccnc1OCCOC)NCC(C)Oc1ccc(F)cc1. The maximum atomic E-state index is 13.0. The van der Waals surface area contributed by atoms with E-state index in [0.717, 1.165) is 12.1 Å². The lowest BCUT2D eigenvalue weighted by atomic mass is 10.3. The van der Waals surface area contributed by atoms with Crippen molar-refractivity contribution in [2.45, 2.75) is 26.5 Å². The monoisotopic (exact) mass is 404 g/mol. The summed E-state index contributed by atoms with van der Waals surface area (Å²) in [5.74, 6) is 1.55. The number of aliphatic imine (C=N–C) groups is 1. The highest BCUT2D eigenvalue weighted by atomic mass is 19.1. The number of methoxy groups -OCH3 is 1. The van der Waals surface area contributed by atoms with Gasteiger partial charge in [-0.15, -0.1) is 0 Å². The molecule has 2 N–H and O–H groups in total. The largest absolute Gasteiger partial charge is 0.489 e. The molecule has 0 saturated carbocycles. The molecule has 2 aromatic rings. The van der Waals surface area contributed by atoms with E-state index in [2.05, 4.69) is 20.6 Å². The van der Waals surface area contributed by atoms with Crippen LogP contribution in [0.5, 0.6) is 11.6 Å². The van der Waals surface area contributed by atoms with Crippen LogP contribution in [0.4, 0.5) is 4.39 Å². The molecule has 2 rings (SSSR count). The lowest BCUT2D eigenvalue weighted by molar-refractivity contribution is 0.143. The molecule has 1 atom stereocenters. The maximum absolute atomic E-state index is 13.0. The van der Waals surface area contributed by atoms with Crippen LogP contribution in [0.25, 0.3) is 0 Å². The molecular formula is C21H29FN4O3. The summed E-state index contributed by atoms with van der Waals surface area (Å²) in [6.45, 7) is 6.54. The van der Waals surface area contributed by atoms with Crippen LogP contribution >= 0.6 is 0 Å². The number of benzene rings is 1. The second-order valence-corrected chi connectivity index (χ2v) is 6.27. The molecule has 29 heavy (non-hydrogen) atoms. The van der Waals surface area contributed by atoms with Crippen LogP contribution in [0.3, 0.4) is 0 Å². The van der Waals surface area contributed by atoms with Gasteiger partial charge in [0, 0.05) is 25.4 Å². The van der Waals surface area contributed by atoms with Crippen molar-refractivity contribution < 1.29 is 18.6 Å². The van der Waals surface area contributed by atoms with Crippen LogP contribution in [0.1, 0.15) is 19.4 Å². The van der Waals surface area contributed by atoms with Crippen LogP contribution in [-0.2, 0) is 11.3 Å². The van der Waals surface area contributed by atoms with Gasteiger partial charge in [0.05, 0.1) is 19.7 Å². The van der Waals surface area contributed by atoms with Gasteiger partial charge in [-0.1, -0.05) is 6.07 Å². The normalized spacial score (nSPS) is 12.3. The molecule has 158 valence electrons. The fraction of sp³-hybridized carbons (Fsp3) is 0.429. The molecule has 0 radical (unpaired) electrons. The van der Waals surface area contributed by atoms with Gasteiger partial charge in [-0.3, -0.25) is 0 Å². The quantitative estimate of drug-likeness (QED) is 0.341. The third-order valence-corrected chi connectivity index (χ3v) is 3.84. The number of nitrogens with zero attached hydrogens (tertiary/aromatic N) is 2. The third kappa shape index (κ3) is 8.35. The molecule has 0 spiro atoms. The van der Waals surface area contributed by atoms with Gasteiger partial charge < -0.3 is 24.8 Å². The topological polar surface area (TPSA) is 77.0 Å². The molecule has 0 aliphatic rings. The number of rotatable bonds is 11. The number of hydrogen-bond acceptors (Lipinski definition) is 5. The summed E-state index contributed by atoms with van der Waals surface area (Å²) >= 11 is 0. The van der Waals surface area contributed by atoms with Crippen molar-refractivity contribution >= 4 is 5.96 Å². The molecule has 1 aromatic heterocycles. The first-order chi connectivity index (χ1) is 14.1.